The summed E-state index contributed by atoms with van der Waals surface area (Å²) in [5.74, 6) is -0.149. The highest BCUT2D eigenvalue weighted by molar-refractivity contribution is 6.00. The first kappa shape index (κ1) is 17.3. The monoisotopic (exact) mass is 361 g/mol. The molecule has 0 aliphatic heterocycles. The van der Waals surface area contributed by atoms with Gasteiger partial charge in [0.25, 0.3) is 0 Å². The maximum atomic E-state index is 14.5. The summed E-state index contributed by atoms with van der Waals surface area (Å²) in [4.78, 5) is 21.2. The van der Waals surface area contributed by atoms with Crippen LogP contribution in [0.25, 0.3) is 11.1 Å². The first-order valence-corrected chi connectivity index (χ1v) is 8.95. The number of halogens is 1. The van der Waals surface area contributed by atoms with Crippen LogP contribution in [0.15, 0.2) is 42.5 Å². The third-order valence-corrected chi connectivity index (χ3v) is 5.15. The van der Waals surface area contributed by atoms with Crippen LogP contribution in [-0.2, 0) is 6.42 Å². The van der Waals surface area contributed by atoms with Crippen LogP contribution in [0.2, 0.25) is 0 Å². The topological polar surface area (TPSA) is 68.9 Å². The van der Waals surface area contributed by atoms with E-state index in [-0.39, 0.29) is 23.5 Å². The van der Waals surface area contributed by atoms with Gasteiger partial charge in [0.2, 0.25) is 5.95 Å². The Bertz CT molecular complexity index is 1060. The standard InChI is InChI=1S/C22H20FN3O/c1-12-7-8-18(23)17(9-12)16-6-4-3-5-15(16)14-10-19-21(20(27)11-14)13(2)25-22(24)26-19/h3-9,14H,10-11H2,1-2H3,(H2,24,25,26). The molecule has 1 unspecified atom stereocenters. The fourth-order valence-corrected chi connectivity index (χ4v) is 3.96. The van der Waals surface area contributed by atoms with E-state index in [9.17, 15) is 9.18 Å². The van der Waals surface area contributed by atoms with Gasteiger partial charge in [-0.25, -0.2) is 14.4 Å². The molecule has 2 aromatic carbocycles. The first-order chi connectivity index (χ1) is 12.9. The number of carbonyl (C=O) groups excluding carboxylic acids is 1. The van der Waals surface area contributed by atoms with Gasteiger partial charge in [0.1, 0.15) is 5.82 Å². The van der Waals surface area contributed by atoms with E-state index >= 15 is 0 Å². The van der Waals surface area contributed by atoms with Crippen molar-refractivity contribution in [3.05, 3.63) is 76.4 Å². The van der Waals surface area contributed by atoms with Gasteiger partial charge in [-0.1, -0.05) is 35.9 Å². The molecule has 0 fully saturated rings. The predicted molar refractivity (Wildman–Crippen MR) is 103 cm³/mol. The molecule has 3 aromatic rings. The second-order valence-corrected chi connectivity index (χ2v) is 7.09. The number of ketones is 1. The summed E-state index contributed by atoms with van der Waals surface area (Å²) in [5, 5.41) is 0. The number of rotatable bonds is 2. The van der Waals surface area contributed by atoms with Crippen molar-refractivity contribution in [2.45, 2.75) is 32.6 Å². The summed E-state index contributed by atoms with van der Waals surface area (Å²) in [5.41, 5.74) is 11.0. The minimum atomic E-state index is -0.266. The molecule has 2 N–H and O–H groups in total. The highest BCUT2D eigenvalue weighted by Gasteiger charge is 2.31. The third-order valence-electron chi connectivity index (χ3n) is 5.15. The van der Waals surface area contributed by atoms with Crippen molar-refractivity contribution in [1.29, 1.82) is 0 Å². The molecular formula is C22H20FN3O. The van der Waals surface area contributed by atoms with Crippen LogP contribution in [0.3, 0.4) is 0 Å². The molecule has 1 aliphatic rings. The molecule has 0 saturated heterocycles. The number of hydrogen-bond acceptors (Lipinski definition) is 4. The van der Waals surface area contributed by atoms with Gasteiger partial charge in [0.05, 0.1) is 17.0 Å². The van der Waals surface area contributed by atoms with Crippen molar-refractivity contribution in [3.8, 4) is 11.1 Å². The second-order valence-electron chi connectivity index (χ2n) is 7.09. The van der Waals surface area contributed by atoms with Crippen molar-refractivity contribution in [1.82, 2.24) is 9.97 Å². The molecule has 1 atom stereocenters. The Balaban J connectivity index is 1.82. The third kappa shape index (κ3) is 3.10. The Hall–Kier alpha value is -3.08. The van der Waals surface area contributed by atoms with E-state index in [0.717, 1.165) is 16.7 Å². The number of carbonyl (C=O) groups is 1. The van der Waals surface area contributed by atoms with Crippen LogP contribution in [0.1, 0.15) is 45.2 Å². The van der Waals surface area contributed by atoms with E-state index in [1.807, 2.05) is 37.3 Å². The quantitative estimate of drug-likeness (QED) is 0.735. The average Bonchev–Trinajstić information content (AvgIpc) is 2.62. The maximum absolute atomic E-state index is 14.5. The smallest absolute Gasteiger partial charge is 0.220 e. The van der Waals surface area contributed by atoms with Gasteiger partial charge in [0, 0.05) is 12.0 Å². The largest absolute Gasteiger partial charge is 0.368 e. The van der Waals surface area contributed by atoms with Crippen LogP contribution in [0.4, 0.5) is 10.3 Å². The van der Waals surface area contributed by atoms with Crippen LogP contribution >= 0.6 is 0 Å². The molecule has 4 rings (SSSR count). The zero-order valence-corrected chi connectivity index (χ0v) is 15.3. The molecule has 4 nitrogen and oxygen atoms in total. The number of nitrogens with zero attached hydrogens (tertiary/aromatic N) is 2. The molecule has 5 heteroatoms. The zero-order valence-electron chi connectivity index (χ0n) is 15.3. The van der Waals surface area contributed by atoms with Crippen molar-refractivity contribution < 1.29 is 9.18 Å². The van der Waals surface area contributed by atoms with Crippen molar-refractivity contribution in [2.75, 3.05) is 5.73 Å². The Morgan fingerprint density at radius 3 is 2.63 bits per heavy atom. The number of nitrogens with two attached hydrogens (primary N) is 1. The number of hydrogen-bond donors (Lipinski definition) is 1. The Morgan fingerprint density at radius 2 is 1.81 bits per heavy atom. The lowest BCUT2D eigenvalue weighted by atomic mass is 9.78. The van der Waals surface area contributed by atoms with Gasteiger partial charge in [0.15, 0.2) is 5.78 Å². The fourth-order valence-electron chi connectivity index (χ4n) is 3.96. The zero-order chi connectivity index (χ0) is 19.1. The number of anilines is 1. The minimum Gasteiger partial charge on any atom is -0.368 e. The lowest BCUT2D eigenvalue weighted by molar-refractivity contribution is 0.0962. The predicted octanol–water partition coefficient (Wildman–Crippen LogP) is 4.39. The van der Waals surface area contributed by atoms with Gasteiger partial charge in [-0.3, -0.25) is 4.79 Å². The van der Waals surface area contributed by atoms with Crippen molar-refractivity contribution in [3.63, 3.8) is 0 Å². The summed E-state index contributed by atoms with van der Waals surface area (Å²) >= 11 is 0. The van der Waals surface area contributed by atoms with Gasteiger partial charge >= 0.3 is 0 Å². The molecule has 1 aromatic heterocycles. The summed E-state index contributed by atoms with van der Waals surface area (Å²) in [7, 11) is 0. The fraction of sp³-hybridized carbons (Fsp3) is 0.227. The maximum Gasteiger partial charge on any atom is 0.220 e. The van der Waals surface area contributed by atoms with Gasteiger partial charge < -0.3 is 5.73 Å². The molecule has 1 heterocycles. The molecular weight excluding hydrogens is 341 g/mol. The second kappa shape index (κ2) is 6.58. The lowest BCUT2D eigenvalue weighted by Crippen LogP contribution is -2.23. The molecule has 0 amide bonds. The SMILES string of the molecule is Cc1ccc(F)c(-c2ccccc2C2CC(=O)c3c(C)nc(N)nc3C2)c1. The van der Waals surface area contributed by atoms with E-state index in [2.05, 4.69) is 9.97 Å². The summed E-state index contributed by atoms with van der Waals surface area (Å²) in [6.07, 6.45) is 0.935. The van der Waals surface area contributed by atoms with Gasteiger partial charge in [-0.05, 0) is 49.4 Å². The molecule has 0 bridgehead atoms. The van der Waals surface area contributed by atoms with Crippen LogP contribution in [-0.4, -0.2) is 15.8 Å². The minimum absolute atomic E-state index is 0.0123. The summed E-state index contributed by atoms with van der Waals surface area (Å²) in [6, 6.07) is 12.8. The Kier molecular flexibility index (Phi) is 4.22. The number of nitrogen functional groups attached to an aromatic ring is 1. The Labute approximate surface area is 157 Å². The van der Waals surface area contributed by atoms with Crippen LogP contribution in [0, 0.1) is 19.7 Å². The number of Topliss-reactive ketones (excluding diaryl/α,β-unsaturated/α-hetero) is 1. The summed E-state index contributed by atoms with van der Waals surface area (Å²) in [6.45, 7) is 3.72. The van der Waals surface area contributed by atoms with Gasteiger partial charge in [-0.2, -0.15) is 0 Å². The van der Waals surface area contributed by atoms with E-state index in [4.69, 9.17) is 5.73 Å². The van der Waals surface area contributed by atoms with E-state index < -0.39 is 0 Å². The average molecular weight is 361 g/mol. The number of benzene rings is 2. The first-order valence-electron chi connectivity index (χ1n) is 8.95. The highest BCUT2D eigenvalue weighted by atomic mass is 19.1. The molecule has 0 radical (unpaired) electrons. The Morgan fingerprint density at radius 1 is 1.04 bits per heavy atom. The lowest BCUT2D eigenvalue weighted by Gasteiger charge is -2.26. The molecule has 0 spiro atoms. The molecule has 27 heavy (non-hydrogen) atoms. The van der Waals surface area contributed by atoms with E-state index in [1.165, 1.54) is 6.07 Å². The van der Waals surface area contributed by atoms with E-state index in [0.29, 0.717) is 35.4 Å². The van der Waals surface area contributed by atoms with Gasteiger partial charge in [-0.15, -0.1) is 0 Å². The van der Waals surface area contributed by atoms with Crippen molar-refractivity contribution in [2.24, 2.45) is 0 Å². The number of fused-ring (bicyclic) bond motifs is 1. The number of aromatic nitrogens is 2. The summed E-state index contributed by atoms with van der Waals surface area (Å²) < 4.78 is 14.5. The highest BCUT2D eigenvalue weighted by Crippen LogP contribution is 2.38. The van der Waals surface area contributed by atoms with Crippen LogP contribution < -0.4 is 5.73 Å². The molecule has 136 valence electrons. The van der Waals surface area contributed by atoms with Crippen molar-refractivity contribution >= 4 is 11.7 Å². The normalized spacial score (nSPS) is 16.3. The molecule has 1 aliphatic carbocycles. The molecule has 0 saturated carbocycles. The van der Waals surface area contributed by atoms with Crippen LogP contribution in [0.5, 0.6) is 0 Å². The van der Waals surface area contributed by atoms with E-state index in [1.54, 1.807) is 13.0 Å². The number of aryl methyl sites for hydroxylation is 2.